The van der Waals surface area contributed by atoms with Crippen LogP contribution < -0.4 is 4.74 Å². The standard InChI is InChI=1S/C11H13BrFNO2/c1-14(2)11(15)3-4-16-10-6-8(12)5-9(13)7-10/h5-7H,3-4H2,1-2H3. The first-order valence-corrected chi connectivity index (χ1v) is 5.57. The van der Waals surface area contributed by atoms with Crippen LogP contribution in [0.1, 0.15) is 6.42 Å². The van der Waals surface area contributed by atoms with Gasteiger partial charge in [-0.15, -0.1) is 0 Å². The van der Waals surface area contributed by atoms with Gasteiger partial charge in [0, 0.05) is 24.6 Å². The fourth-order valence-electron chi connectivity index (χ4n) is 1.09. The number of carbonyl (C=O) groups excluding carboxylic acids is 1. The van der Waals surface area contributed by atoms with Gasteiger partial charge in [0.25, 0.3) is 0 Å². The molecule has 3 nitrogen and oxygen atoms in total. The summed E-state index contributed by atoms with van der Waals surface area (Å²) in [5, 5.41) is 0. The largest absolute Gasteiger partial charge is 0.493 e. The van der Waals surface area contributed by atoms with Gasteiger partial charge in [-0.1, -0.05) is 15.9 Å². The molecule has 16 heavy (non-hydrogen) atoms. The lowest BCUT2D eigenvalue weighted by Crippen LogP contribution is -2.23. The summed E-state index contributed by atoms with van der Waals surface area (Å²) in [4.78, 5) is 12.7. The van der Waals surface area contributed by atoms with Crippen molar-refractivity contribution in [3.63, 3.8) is 0 Å². The number of benzene rings is 1. The van der Waals surface area contributed by atoms with E-state index in [1.807, 2.05) is 0 Å². The summed E-state index contributed by atoms with van der Waals surface area (Å²) in [6.45, 7) is 0.243. The van der Waals surface area contributed by atoms with Gasteiger partial charge in [0.2, 0.25) is 5.91 Å². The number of hydrogen-bond donors (Lipinski definition) is 0. The van der Waals surface area contributed by atoms with Crippen LogP contribution in [-0.2, 0) is 4.79 Å². The van der Waals surface area contributed by atoms with Gasteiger partial charge < -0.3 is 9.64 Å². The lowest BCUT2D eigenvalue weighted by atomic mass is 10.3. The Morgan fingerprint density at radius 3 is 2.69 bits per heavy atom. The van der Waals surface area contributed by atoms with E-state index in [-0.39, 0.29) is 24.8 Å². The third-order valence-corrected chi connectivity index (χ3v) is 2.38. The van der Waals surface area contributed by atoms with Gasteiger partial charge in [-0.05, 0) is 12.1 Å². The minimum absolute atomic E-state index is 0.0181. The zero-order valence-corrected chi connectivity index (χ0v) is 10.8. The molecule has 0 spiro atoms. The summed E-state index contributed by atoms with van der Waals surface area (Å²) >= 11 is 3.16. The summed E-state index contributed by atoms with van der Waals surface area (Å²) in [5.41, 5.74) is 0. The maximum atomic E-state index is 13.0. The van der Waals surface area contributed by atoms with Crippen molar-refractivity contribution in [2.45, 2.75) is 6.42 Å². The Hall–Kier alpha value is -1.10. The average molecular weight is 290 g/mol. The highest BCUT2D eigenvalue weighted by Crippen LogP contribution is 2.20. The molecular weight excluding hydrogens is 277 g/mol. The van der Waals surface area contributed by atoms with Crippen LogP contribution in [0.25, 0.3) is 0 Å². The molecule has 0 fully saturated rings. The molecule has 1 amide bonds. The minimum atomic E-state index is -0.372. The van der Waals surface area contributed by atoms with Crippen LogP contribution in [0.15, 0.2) is 22.7 Å². The molecule has 0 aliphatic carbocycles. The van der Waals surface area contributed by atoms with Crippen molar-refractivity contribution >= 4 is 21.8 Å². The number of carbonyl (C=O) groups is 1. The van der Waals surface area contributed by atoms with Gasteiger partial charge >= 0.3 is 0 Å². The zero-order valence-electron chi connectivity index (χ0n) is 9.17. The van der Waals surface area contributed by atoms with Crippen molar-refractivity contribution in [1.29, 1.82) is 0 Å². The van der Waals surface area contributed by atoms with Crippen LogP contribution in [0.4, 0.5) is 4.39 Å². The van der Waals surface area contributed by atoms with Gasteiger partial charge in [-0.25, -0.2) is 4.39 Å². The number of nitrogens with zero attached hydrogens (tertiary/aromatic N) is 1. The highest BCUT2D eigenvalue weighted by Gasteiger charge is 2.05. The van der Waals surface area contributed by atoms with E-state index < -0.39 is 0 Å². The maximum Gasteiger partial charge on any atom is 0.225 e. The SMILES string of the molecule is CN(C)C(=O)CCOc1cc(F)cc(Br)c1. The number of hydrogen-bond acceptors (Lipinski definition) is 2. The molecule has 0 aliphatic heterocycles. The molecule has 1 rings (SSSR count). The Balaban J connectivity index is 2.46. The number of rotatable bonds is 4. The fraction of sp³-hybridized carbons (Fsp3) is 0.364. The Morgan fingerprint density at radius 1 is 1.44 bits per heavy atom. The van der Waals surface area contributed by atoms with Gasteiger partial charge in [-0.2, -0.15) is 0 Å². The molecule has 0 heterocycles. The summed E-state index contributed by atoms with van der Waals surface area (Å²) in [6.07, 6.45) is 0.279. The zero-order chi connectivity index (χ0) is 12.1. The van der Waals surface area contributed by atoms with Crippen molar-refractivity contribution < 1.29 is 13.9 Å². The molecule has 1 aromatic rings. The van der Waals surface area contributed by atoms with Crippen LogP contribution in [0.2, 0.25) is 0 Å². The molecule has 0 aromatic heterocycles. The van der Waals surface area contributed by atoms with Crippen LogP contribution >= 0.6 is 15.9 Å². The molecule has 0 saturated heterocycles. The number of halogens is 2. The molecule has 88 valence electrons. The highest BCUT2D eigenvalue weighted by atomic mass is 79.9. The van der Waals surface area contributed by atoms with E-state index in [1.54, 1.807) is 20.2 Å². The van der Waals surface area contributed by atoms with Gasteiger partial charge in [0.15, 0.2) is 0 Å². The van der Waals surface area contributed by atoms with Gasteiger partial charge in [-0.3, -0.25) is 4.79 Å². The van der Waals surface area contributed by atoms with Gasteiger partial charge in [0.1, 0.15) is 11.6 Å². The van der Waals surface area contributed by atoms with E-state index in [9.17, 15) is 9.18 Å². The van der Waals surface area contributed by atoms with Crippen molar-refractivity contribution in [1.82, 2.24) is 4.90 Å². The van der Waals surface area contributed by atoms with Crippen LogP contribution in [0.3, 0.4) is 0 Å². The molecule has 0 bridgehead atoms. The van der Waals surface area contributed by atoms with Crippen molar-refractivity contribution in [3.8, 4) is 5.75 Å². The molecule has 0 saturated carbocycles. The molecule has 0 aliphatic rings. The molecule has 5 heteroatoms. The monoisotopic (exact) mass is 289 g/mol. The van der Waals surface area contributed by atoms with E-state index in [1.165, 1.54) is 17.0 Å². The van der Waals surface area contributed by atoms with E-state index >= 15 is 0 Å². The second-order valence-corrected chi connectivity index (χ2v) is 4.41. The first kappa shape index (κ1) is 13.0. The smallest absolute Gasteiger partial charge is 0.225 e. The number of ether oxygens (including phenoxy) is 1. The summed E-state index contributed by atoms with van der Waals surface area (Å²) in [6, 6.07) is 4.28. The molecular formula is C11H13BrFNO2. The predicted octanol–water partition coefficient (Wildman–Crippen LogP) is 2.45. The molecule has 1 aromatic carbocycles. The quantitative estimate of drug-likeness (QED) is 0.852. The number of amides is 1. The summed E-state index contributed by atoms with van der Waals surface area (Å²) in [7, 11) is 3.36. The first-order valence-electron chi connectivity index (χ1n) is 4.78. The topological polar surface area (TPSA) is 29.5 Å². The van der Waals surface area contributed by atoms with Crippen molar-refractivity contribution in [2.75, 3.05) is 20.7 Å². The molecule has 0 radical (unpaired) electrons. The lowest BCUT2D eigenvalue weighted by Gasteiger charge is -2.11. The predicted molar refractivity (Wildman–Crippen MR) is 62.9 cm³/mol. The molecule has 0 unspecified atom stereocenters. The lowest BCUT2D eigenvalue weighted by molar-refractivity contribution is -0.129. The Morgan fingerprint density at radius 2 is 2.12 bits per heavy atom. The fourth-order valence-corrected chi connectivity index (χ4v) is 1.54. The maximum absolute atomic E-state index is 13.0. The Bertz CT molecular complexity index is 362. The van der Waals surface area contributed by atoms with E-state index in [2.05, 4.69) is 15.9 Å². The van der Waals surface area contributed by atoms with Crippen molar-refractivity contribution in [2.24, 2.45) is 0 Å². The van der Waals surface area contributed by atoms with E-state index in [0.29, 0.717) is 10.2 Å². The minimum Gasteiger partial charge on any atom is -0.493 e. The van der Waals surface area contributed by atoms with Crippen LogP contribution in [-0.4, -0.2) is 31.5 Å². The normalized spacial score (nSPS) is 10.0. The highest BCUT2D eigenvalue weighted by molar-refractivity contribution is 9.10. The van der Waals surface area contributed by atoms with Crippen molar-refractivity contribution in [3.05, 3.63) is 28.5 Å². The average Bonchev–Trinajstić information content (AvgIpc) is 2.15. The van der Waals surface area contributed by atoms with E-state index in [0.717, 1.165) is 0 Å². The third-order valence-electron chi connectivity index (χ3n) is 1.92. The Kier molecular flexibility index (Phi) is 4.73. The first-order chi connectivity index (χ1) is 7.49. The summed E-state index contributed by atoms with van der Waals surface area (Å²) < 4.78 is 18.8. The molecule has 0 atom stereocenters. The second-order valence-electron chi connectivity index (χ2n) is 3.49. The van der Waals surface area contributed by atoms with Crippen LogP contribution in [0, 0.1) is 5.82 Å². The second kappa shape index (κ2) is 5.84. The molecule has 0 N–H and O–H groups in total. The third kappa shape index (κ3) is 4.18. The van der Waals surface area contributed by atoms with Gasteiger partial charge in [0.05, 0.1) is 13.0 Å². The summed E-state index contributed by atoms with van der Waals surface area (Å²) in [5.74, 6) is 0.0252. The van der Waals surface area contributed by atoms with Crippen LogP contribution in [0.5, 0.6) is 5.75 Å². The van der Waals surface area contributed by atoms with E-state index in [4.69, 9.17) is 4.74 Å². The Labute approximate surface area is 102 Å².